The second-order valence-electron chi connectivity index (χ2n) is 7.36. The molecule has 0 bridgehead atoms. The fourth-order valence-corrected chi connectivity index (χ4v) is 4.47. The van der Waals surface area contributed by atoms with E-state index in [-0.39, 0.29) is 11.8 Å². The van der Waals surface area contributed by atoms with Crippen molar-refractivity contribution in [2.24, 2.45) is 0 Å². The van der Waals surface area contributed by atoms with Gasteiger partial charge in [0.05, 0.1) is 11.7 Å². The van der Waals surface area contributed by atoms with Gasteiger partial charge < -0.3 is 14.2 Å². The molecule has 1 aromatic carbocycles. The molecule has 1 saturated heterocycles. The summed E-state index contributed by atoms with van der Waals surface area (Å²) in [6.45, 7) is 2.17. The van der Waals surface area contributed by atoms with Gasteiger partial charge >= 0.3 is 0 Å². The van der Waals surface area contributed by atoms with Crippen LogP contribution in [0, 0.1) is 0 Å². The van der Waals surface area contributed by atoms with Gasteiger partial charge in [0.15, 0.2) is 5.76 Å². The van der Waals surface area contributed by atoms with Crippen molar-refractivity contribution in [3.63, 3.8) is 0 Å². The number of furan rings is 1. The fourth-order valence-electron chi connectivity index (χ4n) is 4.34. The summed E-state index contributed by atoms with van der Waals surface area (Å²) in [6.07, 6.45) is 5.37. The van der Waals surface area contributed by atoms with Gasteiger partial charge in [-0.2, -0.15) is 0 Å². The number of hydrogen-bond acceptors (Lipinski definition) is 3. The van der Waals surface area contributed by atoms with E-state index in [1.807, 2.05) is 29.2 Å². The van der Waals surface area contributed by atoms with Gasteiger partial charge in [0.1, 0.15) is 0 Å². The van der Waals surface area contributed by atoms with Crippen molar-refractivity contribution in [1.29, 1.82) is 0 Å². The second kappa shape index (κ2) is 7.39. The molecule has 2 aromatic rings. The van der Waals surface area contributed by atoms with Crippen LogP contribution in [0.2, 0.25) is 5.02 Å². The van der Waals surface area contributed by atoms with E-state index in [0.717, 1.165) is 31.2 Å². The van der Waals surface area contributed by atoms with E-state index >= 15 is 0 Å². The minimum absolute atomic E-state index is 0.111. The second-order valence-corrected chi connectivity index (χ2v) is 7.79. The van der Waals surface area contributed by atoms with Gasteiger partial charge in [0, 0.05) is 31.2 Å². The third kappa shape index (κ3) is 3.36. The summed E-state index contributed by atoms with van der Waals surface area (Å²) in [7, 11) is 0. The van der Waals surface area contributed by atoms with Gasteiger partial charge in [0.25, 0.3) is 5.91 Å². The Morgan fingerprint density at radius 2 is 1.56 bits per heavy atom. The largest absolute Gasteiger partial charge is 0.459 e. The molecule has 0 spiro atoms. The van der Waals surface area contributed by atoms with E-state index in [1.54, 1.807) is 17.0 Å². The van der Waals surface area contributed by atoms with Gasteiger partial charge in [-0.3, -0.25) is 9.59 Å². The van der Waals surface area contributed by atoms with Crippen molar-refractivity contribution in [3.05, 3.63) is 59.0 Å². The molecular weight excluding hydrogens is 364 g/mol. The van der Waals surface area contributed by atoms with Crippen LogP contribution >= 0.6 is 11.6 Å². The van der Waals surface area contributed by atoms with Crippen molar-refractivity contribution in [2.75, 3.05) is 26.2 Å². The van der Waals surface area contributed by atoms with Gasteiger partial charge in [-0.05, 0) is 42.7 Å². The third-order valence-corrected chi connectivity index (χ3v) is 6.10. The summed E-state index contributed by atoms with van der Waals surface area (Å²) in [5, 5.41) is 0.685. The Morgan fingerprint density at radius 1 is 0.926 bits per heavy atom. The molecule has 0 N–H and O–H groups in total. The molecule has 1 aliphatic carbocycles. The van der Waals surface area contributed by atoms with Crippen molar-refractivity contribution >= 4 is 23.4 Å². The SMILES string of the molecule is O=C(c1ccco1)N1CCN(C(=O)C2(c3ccc(Cl)cc3)CCCC2)CC1. The normalized spacial score (nSPS) is 19.3. The van der Waals surface area contributed by atoms with Crippen LogP contribution in [0.25, 0.3) is 0 Å². The summed E-state index contributed by atoms with van der Waals surface area (Å²) in [4.78, 5) is 29.6. The molecule has 27 heavy (non-hydrogen) atoms. The molecule has 2 aliphatic rings. The van der Waals surface area contributed by atoms with Crippen molar-refractivity contribution < 1.29 is 14.0 Å². The molecule has 0 radical (unpaired) electrons. The third-order valence-electron chi connectivity index (χ3n) is 5.85. The van der Waals surface area contributed by atoms with Crippen LogP contribution < -0.4 is 0 Å². The predicted molar refractivity (Wildman–Crippen MR) is 103 cm³/mol. The molecule has 1 saturated carbocycles. The Kier molecular flexibility index (Phi) is 4.96. The number of rotatable bonds is 3. The summed E-state index contributed by atoms with van der Waals surface area (Å²) in [6, 6.07) is 11.1. The Morgan fingerprint density at radius 3 is 2.15 bits per heavy atom. The van der Waals surface area contributed by atoms with Crippen molar-refractivity contribution in [3.8, 4) is 0 Å². The maximum absolute atomic E-state index is 13.5. The van der Waals surface area contributed by atoms with Crippen LogP contribution in [0.1, 0.15) is 41.8 Å². The maximum atomic E-state index is 13.5. The molecule has 6 heteroatoms. The molecule has 4 rings (SSSR count). The zero-order valence-corrected chi connectivity index (χ0v) is 16.0. The van der Waals surface area contributed by atoms with Gasteiger partial charge in [-0.1, -0.05) is 36.6 Å². The zero-order chi connectivity index (χ0) is 18.9. The summed E-state index contributed by atoms with van der Waals surface area (Å²) < 4.78 is 5.21. The minimum atomic E-state index is -0.447. The highest BCUT2D eigenvalue weighted by Gasteiger charge is 2.45. The quantitative estimate of drug-likeness (QED) is 0.807. The molecule has 2 fully saturated rings. The molecule has 142 valence electrons. The number of piperazine rings is 1. The van der Waals surface area contributed by atoms with Gasteiger partial charge in [0.2, 0.25) is 5.91 Å². The first kappa shape index (κ1) is 18.1. The molecular formula is C21H23ClN2O3. The van der Waals surface area contributed by atoms with E-state index in [4.69, 9.17) is 16.0 Å². The Labute approximate surface area is 163 Å². The average molecular weight is 387 g/mol. The molecule has 2 amide bonds. The number of carbonyl (C=O) groups excluding carboxylic acids is 2. The number of amides is 2. The van der Waals surface area contributed by atoms with Gasteiger partial charge in [-0.15, -0.1) is 0 Å². The monoisotopic (exact) mass is 386 g/mol. The number of benzene rings is 1. The standard InChI is InChI=1S/C21H23ClN2O3/c22-17-7-5-16(6-8-17)21(9-1-2-10-21)20(26)24-13-11-23(12-14-24)19(25)18-4-3-15-27-18/h3-8,15H,1-2,9-14H2. The molecule has 5 nitrogen and oxygen atoms in total. The number of nitrogens with zero attached hydrogens (tertiary/aromatic N) is 2. The Hall–Kier alpha value is -2.27. The lowest BCUT2D eigenvalue weighted by Crippen LogP contribution is -2.55. The molecule has 1 aromatic heterocycles. The van der Waals surface area contributed by atoms with Crippen LogP contribution in [0.5, 0.6) is 0 Å². The van der Waals surface area contributed by atoms with Crippen LogP contribution in [0.4, 0.5) is 0 Å². The topological polar surface area (TPSA) is 53.8 Å². The van der Waals surface area contributed by atoms with Gasteiger partial charge in [-0.25, -0.2) is 0 Å². The molecule has 1 aliphatic heterocycles. The summed E-state index contributed by atoms with van der Waals surface area (Å²) in [5.74, 6) is 0.427. The lowest BCUT2D eigenvalue weighted by Gasteiger charge is -2.40. The number of halogens is 1. The molecule has 2 heterocycles. The fraction of sp³-hybridized carbons (Fsp3) is 0.429. The predicted octanol–water partition coefficient (Wildman–Crippen LogP) is 3.73. The smallest absolute Gasteiger partial charge is 0.289 e. The van der Waals surface area contributed by atoms with E-state index in [0.29, 0.717) is 37.0 Å². The highest BCUT2D eigenvalue weighted by molar-refractivity contribution is 6.30. The van der Waals surface area contributed by atoms with Crippen LogP contribution in [-0.2, 0) is 10.2 Å². The highest BCUT2D eigenvalue weighted by atomic mass is 35.5. The lowest BCUT2D eigenvalue weighted by atomic mass is 9.77. The number of carbonyl (C=O) groups is 2. The van der Waals surface area contributed by atoms with E-state index in [2.05, 4.69) is 0 Å². The van der Waals surface area contributed by atoms with E-state index in [9.17, 15) is 9.59 Å². The molecule has 0 atom stereocenters. The first-order valence-electron chi connectivity index (χ1n) is 9.48. The van der Waals surface area contributed by atoms with Crippen LogP contribution in [0.15, 0.2) is 47.1 Å². The Balaban J connectivity index is 1.47. The summed E-state index contributed by atoms with van der Waals surface area (Å²) >= 11 is 6.04. The zero-order valence-electron chi connectivity index (χ0n) is 15.2. The van der Waals surface area contributed by atoms with E-state index in [1.165, 1.54) is 6.26 Å². The molecule has 0 unspecified atom stereocenters. The minimum Gasteiger partial charge on any atom is -0.459 e. The maximum Gasteiger partial charge on any atom is 0.289 e. The highest BCUT2D eigenvalue weighted by Crippen LogP contribution is 2.43. The van der Waals surface area contributed by atoms with Crippen LogP contribution in [0.3, 0.4) is 0 Å². The Bertz CT molecular complexity index is 802. The summed E-state index contributed by atoms with van der Waals surface area (Å²) in [5.41, 5.74) is 0.612. The lowest BCUT2D eigenvalue weighted by molar-refractivity contribution is -0.138. The van der Waals surface area contributed by atoms with Crippen molar-refractivity contribution in [1.82, 2.24) is 9.80 Å². The van der Waals surface area contributed by atoms with E-state index < -0.39 is 5.41 Å². The van der Waals surface area contributed by atoms with Crippen molar-refractivity contribution in [2.45, 2.75) is 31.1 Å². The van der Waals surface area contributed by atoms with Crippen LogP contribution in [-0.4, -0.2) is 47.8 Å². The first-order chi connectivity index (χ1) is 13.1. The average Bonchev–Trinajstić information content (AvgIpc) is 3.40. The first-order valence-corrected chi connectivity index (χ1v) is 9.86. The number of hydrogen-bond donors (Lipinski definition) is 0.